The molecule has 3 rings (SSSR count). The Bertz CT molecular complexity index is 680. The highest BCUT2D eigenvalue weighted by Crippen LogP contribution is 2.27. The summed E-state index contributed by atoms with van der Waals surface area (Å²) in [7, 11) is 0. The minimum absolute atomic E-state index is 0.0260. The van der Waals surface area contributed by atoms with Crippen molar-refractivity contribution in [2.75, 3.05) is 19.6 Å². The third kappa shape index (κ3) is 4.82. The summed E-state index contributed by atoms with van der Waals surface area (Å²) >= 11 is 3.34. The number of rotatable bonds is 6. The Labute approximate surface area is 151 Å². The van der Waals surface area contributed by atoms with Gasteiger partial charge < -0.3 is 10.6 Å². The van der Waals surface area contributed by atoms with Crippen LogP contribution in [-0.2, 0) is 5.75 Å². The molecule has 0 spiro atoms. The number of nitrogens with zero attached hydrogens (tertiary/aromatic N) is 1. The Morgan fingerprint density at radius 1 is 1.46 bits per heavy atom. The minimum atomic E-state index is 0.0260. The van der Waals surface area contributed by atoms with Gasteiger partial charge in [-0.25, -0.2) is 4.98 Å². The lowest BCUT2D eigenvalue weighted by Gasteiger charge is -2.23. The van der Waals surface area contributed by atoms with Crippen LogP contribution in [0.15, 0.2) is 34.5 Å². The Morgan fingerprint density at radius 3 is 3.08 bits per heavy atom. The molecular weight excluding hydrogens is 338 g/mol. The van der Waals surface area contributed by atoms with Crippen molar-refractivity contribution in [1.29, 1.82) is 0 Å². The lowest BCUT2D eigenvalue weighted by Crippen LogP contribution is -2.38. The van der Waals surface area contributed by atoms with Gasteiger partial charge in [-0.1, -0.05) is 12.1 Å². The predicted octanol–water partition coefficient (Wildman–Crippen LogP) is 3.47. The molecule has 1 fully saturated rings. The van der Waals surface area contributed by atoms with Crippen LogP contribution < -0.4 is 10.6 Å². The molecular formula is C18H23N3OS2. The number of amides is 1. The number of hydrogen-bond acceptors (Lipinski definition) is 5. The molecule has 128 valence electrons. The maximum absolute atomic E-state index is 12.6. The number of carbonyl (C=O) groups excluding carboxylic acids is 1. The highest BCUT2D eigenvalue weighted by atomic mass is 32.2. The van der Waals surface area contributed by atoms with Crippen LogP contribution in [-0.4, -0.2) is 30.5 Å². The van der Waals surface area contributed by atoms with Gasteiger partial charge in [-0.05, 0) is 50.9 Å². The first-order valence-corrected chi connectivity index (χ1v) is 10.2. The van der Waals surface area contributed by atoms with E-state index in [2.05, 4.69) is 21.0 Å². The van der Waals surface area contributed by atoms with E-state index in [1.54, 1.807) is 23.1 Å². The number of thiazole rings is 1. The number of aromatic nitrogens is 1. The third-order valence-corrected chi connectivity index (χ3v) is 6.05. The zero-order valence-corrected chi connectivity index (χ0v) is 15.5. The van der Waals surface area contributed by atoms with Crippen molar-refractivity contribution >= 4 is 29.0 Å². The quantitative estimate of drug-likeness (QED) is 0.774. The Morgan fingerprint density at radius 2 is 2.33 bits per heavy atom. The second kappa shape index (κ2) is 8.65. The average Bonchev–Trinajstić information content (AvgIpc) is 3.04. The van der Waals surface area contributed by atoms with Crippen LogP contribution in [0, 0.1) is 12.8 Å². The van der Waals surface area contributed by atoms with Crippen LogP contribution in [0.3, 0.4) is 0 Å². The molecule has 1 aliphatic heterocycles. The SMILES string of the molecule is Cc1nc(CSc2ccccc2C(=O)NCC2CCCNC2)cs1. The van der Waals surface area contributed by atoms with Crippen LogP contribution in [0.4, 0.5) is 0 Å². The van der Waals surface area contributed by atoms with Gasteiger partial charge in [0.15, 0.2) is 0 Å². The second-order valence-electron chi connectivity index (χ2n) is 6.07. The summed E-state index contributed by atoms with van der Waals surface area (Å²) in [4.78, 5) is 18.1. The maximum atomic E-state index is 12.6. The maximum Gasteiger partial charge on any atom is 0.252 e. The Kier molecular flexibility index (Phi) is 6.29. The first-order valence-electron chi connectivity index (χ1n) is 8.34. The van der Waals surface area contributed by atoms with Crippen molar-refractivity contribution in [2.24, 2.45) is 5.92 Å². The number of benzene rings is 1. The monoisotopic (exact) mass is 361 g/mol. The van der Waals surface area contributed by atoms with E-state index < -0.39 is 0 Å². The van der Waals surface area contributed by atoms with Crippen LogP contribution in [0.1, 0.15) is 33.9 Å². The number of thioether (sulfide) groups is 1. The van der Waals surface area contributed by atoms with Crippen molar-refractivity contribution in [2.45, 2.75) is 30.4 Å². The van der Waals surface area contributed by atoms with Gasteiger partial charge in [0.25, 0.3) is 5.91 Å². The largest absolute Gasteiger partial charge is 0.352 e. The summed E-state index contributed by atoms with van der Waals surface area (Å²) in [6, 6.07) is 7.83. The molecule has 1 saturated heterocycles. The van der Waals surface area contributed by atoms with Crippen molar-refractivity contribution < 1.29 is 4.79 Å². The predicted molar refractivity (Wildman–Crippen MR) is 101 cm³/mol. The molecule has 1 atom stereocenters. The molecule has 2 heterocycles. The second-order valence-corrected chi connectivity index (χ2v) is 8.14. The van der Waals surface area contributed by atoms with E-state index >= 15 is 0 Å². The van der Waals surface area contributed by atoms with E-state index in [1.807, 2.05) is 31.2 Å². The molecule has 1 aromatic heterocycles. The van der Waals surface area contributed by atoms with E-state index in [9.17, 15) is 4.79 Å². The average molecular weight is 362 g/mol. The fourth-order valence-electron chi connectivity index (χ4n) is 2.84. The molecule has 1 aromatic carbocycles. The van der Waals surface area contributed by atoms with Gasteiger partial charge >= 0.3 is 0 Å². The van der Waals surface area contributed by atoms with Crippen molar-refractivity contribution in [3.8, 4) is 0 Å². The lowest BCUT2D eigenvalue weighted by molar-refractivity contribution is 0.0942. The lowest BCUT2D eigenvalue weighted by atomic mass is 10.00. The summed E-state index contributed by atoms with van der Waals surface area (Å²) in [5, 5.41) is 9.66. The first kappa shape index (κ1) is 17.5. The van der Waals surface area contributed by atoms with Crippen molar-refractivity contribution in [3.05, 3.63) is 45.9 Å². The summed E-state index contributed by atoms with van der Waals surface area (Å²) in [5.74, 6) is 1.36. The number of piperidine rings is 1. The van der Waals surface area contributed by atoms with Gasteiger partial charge in [0, 0.05) is 22.6 Å². The molecule has 1 aliphatic rings. The van der Waals surface area contributed by atoms with Gasteiger partial charge in [-0.2, -0.15) is 0 Å². The summed E-state index contributed by atoms with van der Waals surface area (Å²) in [6.45, 7) is 4.86. The molecule has 2 aromatic rings. The highest BCUT2D eigenvalue weighted by molar-refractivity contribution is 7.98. The van der Waals surface area contributed by atoms with Crippen LogP contribution in [0.2, 0.25) is 0 Å². The standard InChI is InChI=1S/C18H23N3OS2/c1-13-21-15(11-23-13)12-24-17-7-3-2-6-16(17)18(22)20-10-14-5-4-8-19-9-14/h2-3,6-7,11,14,19H,4-5,8-10,12H2,1H3,(H,20,22). The molecule has 0 saturated carbocycles. The van der Waals surface area contributed by atoms with Gasteiger partial charge in [0.1, 0.15) is 0 Å². The number of aryl methyl sites for hydroxylation is 1. The van der Waals surface area contributed by atoms with E-state index in [-0.39, 0.29) is 5.91 Å². The highest BCUT2D eigenvalue weighted by Gasteiger charge is 2.16. The molecule has 1 unspecified atom stereocenters. The first-order chi connectivity index (χ1) is 11.7. The fraction of sp³-hybridized carbons (Fsp3) is 0.444. The molecule has 0 aliphatic carbocycles. The minimum Gasteiger partial charge on any atom is -0.352 e. The smallest absolute Gasteiger partial charge is 0.252 e. The fourth-order valence-corrected chi connectivity index (χ4v) is 4.50. The van der Waals surface area contributed by atoms with E-state index in [1.165, 1.54) is 12.8 Å². The topological polar surface area (TPSA) is 54.0 Å². The molecule has 0 bridgehead atoms. The van der Waals surface area contributed by atoms with Crippen LogP contribution >= 0.6 is 23.1 Å². The van der Waals surface area contributed by atoms with Crippen LogP contribution in [0.25, 0.3) is 0 Å². The zero-order valence-electron chi connectivity index (χ0n) is 13.9. The molecule has 1 amide bonds. The summed E-state index contributed by atoms with van der Waals surface area (Å²) in [5.41, 5.74) is 1.84. The molecule has 0 radical (unpaired) electrons. The zero-order chi connectivity index (χ0) is 16.8. The number of nitrogens with one attached hydrogen (secondary N) is 2. The van der Waals surface area contributed by atoms with Gasteiger partial charge in [0.05, 0.1) is 16.3 Å². The van der Waals surface area contributed by atoms with E-state index in [0.717, 1.165) is 46.5 Å². The van der Waals surface area contributed by atoms with Crippen molar-refractivity contribution in [3.63, 3.8) is 0 Å². The summed E-state index contributed by atoms with van der Waals surface area (Å²) in [6.07, 6.45) is 2.38. The van der Waals surface area contributed by atoms with E-state index in [0.29, 0.717) is 5.92 Å². The molecule has 6 heteroatoms. The van der Waals surface area contributed by atoms with Gasteiger partial charge in [-0.3, -0.25) is 4.79 Å². The van der Waals surface area contributed by atoms with Crippen molar-refractivity contribution in [1.82, 2.24) is 15.6 Å². The molecule has 2 N–H and O–H groups in total. The van der Waals surface area contributed by atoms with E-state index in [4.69, 9.17) is 0 Å². The normalized spacial score (nSPS) is 17.6. The van der Waals surface area contributed by atoms with Gasteiger partial charge in [0.2, 0.25) is 0 Å². The molecule has 24 heavy (non-hydrogen) atoms. The van der Waals surface area contributed by atoms with Crippen LogP contribution in [0.5, 0.6) is 0 Å². The number of hydrogen-bond donors (Lipinski definition) is 2. The summed E-state index contributed by atoms with van der Waals surface area (Å²) < 4.78 is 0. The van der Waals surface area contributed by atoms with Gasteiger partial charge in [-0.15, -0.1) is 23.1 Å². The Hall–Kier alpha value is -1.37. The Balaban J connectivity index is 1.58. The molecule has 4 nitrogen and oxygen atoms in total. The third-order valence-electron chi connectivity index (χ3n) is 4.12. The number of carbonyl (C=O) groups is 1.